The van der Waals surface area contributed by atoms with E-state index in [1.54, 1.807) is 0 Å². The van der Waals surface area contributed by atoms with Crippen molar-refractivity contribution in [2.45, 2.75) is 31.7 Å². The Bertz CT molecular complexity index is 724. The molecule has 25 heavy (non-hydrogen) atoms. The van der Waals surface area contributed by atoms with Gasteiger partial charge in [-0.2, -0.15) is 5.10 Å². The molecule has 1 fully saturated rings. The van der Waals surface area contributed by atoms with Crippen LogP contribution in [-0.2, 0) is 12.0 Å². The Morgan fingerprint density at radius 2 is 2.16 bits per heavy atom. The highest BCUT2D eigenvalue weighted by Gasteiger charge is 2.44. The third-order valence-corrected chi connectivity index (χ3v) is 5.00. The van der Waals surface area contributed by atoms with Gasteiger partial charge in [-0.1, -0.05) is 28.1 Å². The molecule has 136 valence electrons. The van der Waals surface area contributed by atoms with Gasteiger partial charge in [-0.15, -0.1) is 24.0 Å². The maximum atomic E-state index is 4.32. The van der Waals surface area contributed by atoms with Crippen LogP contribution in [-0.4, -0.2) is 35.9 Å². The van der Waals surface area contributed by atoms with Crippen molar-refractivity contribution in [3.05, 3.63) is 52.3 Å². The molecule has 0 radical (unpaired) electrons. The molecule has 0 aliphatic heterocycles. The van der Waals surface area contributed by atoms with Crippen molar-refractivity contribution in [3.8, 4) is 0 Å². The summed E-state index contributed by atoms with van der Waals surface area (Å²) in [7, 11) is 1.81. The number of aliphatic imine (C=N–C) groups is 1. The first kappa shape index (κ1) is 20.2. The lowest BCUT2D eigenvalue weighted by Gasteiger charge is -2.19. The summed E-state index contributed by atoms with van der Waals surface area (Å²) in [6.45, 7) is 4.58. The molecule has 0 spiro atoms. The fourth-order valence-corrected chi connectivity index (χ4v) is 3.29. The van der Waals surface area contributed by atoms with E-state index in [9.17, 15) is 0 Å². The first-order chi connectivity index (χ1) is 11.6. The zero-order valence-corrected chi connectivity index (χ0v) is 18.5. The molecule has 1 saturated carbocycles. The summed E-state index contributed by atoms with van der Waals surface area (Å²) in [6, 6.07) is 8.63. The number of guanidine groups is 1. The van der Waals surface area contributed by atoms with Crippen LogP contribution in [0.4, 0.5) is 0 Å². The van der Waals surface area contributed by atoms with E-state index in [-0.39, 0.29) is 29.4 Å². The van der Waals surface area contributed by atoms with E-state index in [1.807, 2.05) is 24.1 Å². The highest BCUT2D eigenvalue weighted by Crippen LogP contribution is 2.48. The second-order valence-corrected chi connectivity index (χ2v) is 7.34. The van der Waals surface area contributed by atoms with Gasteiger partial charge in [0.25, 0.3) is 0 Å². The Balaban J connectivity index is 0.00000225. The molecule has 5 nitrogen and oxygen atoms in total. The highest BCUT2D eigenvalue weighted by molar-refractivity contribution is 14.0. The fourth-order valence-electron chi connectivity index (χ4n) is 2.89. The van der Waals surface area contributed by atoms with Crippen molar-refractivity contribution in [1.82, 2.24) is 20.4 Å². The zero-order valence-electron chi connectivity index (χ0n) is 14.6. The molecule has 1 aromatic carbocycles. The molecule has 2 N–H and O–H groups in total. The Hall–Kier alpha value is -1.09. The van der Waals surface area contributed by atoms with Crippen molar-refractivity contribution >= 4 is 45.9 Å². The van der Waals surface area contributed by atoms with Crippen LogP contribution in [0.25, 0.3) is 0 Å². The second kappa shape index (κ2) is 9.02. The Kier molecular flexibility index (Phi) is 7.30. The minimum atomic E-state index is 0. The molecule has 3 rings (SSSR count). The van der Waals surface area contributed by atoms with E-state index < -0.39 is 0 Å². The summed E-state index contributed by atoms with van der Waals surface area (Å²) >= 11 is 3.57. The van der Waals surface area contributed by atoms with Crippen molar-refractivity contribution in [2.75, 3.05) is 20.1 Å². The van der Waals surface area contributed by atoms with Gasteiger partial charge in [0.1, 0.15) is 0 Å². The molecule has 2 aromatic rings. The summed E-state index contributed by atoms with van der Waals surface area (Å²) in [5, 5.41) is 11.1. The Morgan fingerprint density at radius 3 is 2.76 bits per heavy atom. The van der Waals surface area contributed by atoms with Crippen LogP contribution in [0.1, 0.15) is 24.0 Å². The average Bonchev–Trinajstić information content (AvgIpc) is 3.26. The number of aromatic nitrogens is 2. The number of hydrogen-bond donors (Lipinski definition) is 2. The van der Waals surface area contributed by atoms with E-state index in [1.165, 1.54) is 24.0 Å². The maximum Gasteiger partial charge on any atom is 0.191 e. The molecule has 1 aliphatic carbocycles. The Morgan fingerprint density at radius 1 is 1.36 bits per heavy atom. The standard InChI is InChI=1S/C18H24BrN5.HI/c1-14-11-23-24(12-14)9-8-21-17(20-2)22-13-18(6-7-18)15-4-3-5-16(19)10-15;/h3-5,10-12H,6-9,13H2,1-2H3,(H2,20,21,22);1H. The van der Waals surface area contributed by atoms with E-state index >= 15 is 0 Å². The molecule has 0 saturated heterocycles. The number of benzene rings is 1. The van der Waals surface area contributed by atoms with E-state index in [4.69, 9.17) is 0 Å². The van der Waals surface area contributed by atoms with E-state index in [0.717, 1.165) is 30.1 Å². The number of rotatable bonds is 6. The molecule has 1 heterocycles. The second-order valence-electron chi connectivity index (χ2n) is 6.42. The third kappa shape index (κ3) is 5.44. The molecule has 7 heteroatoms. The van der Waals surface area contributed by atoms with Gasteiger partial charge in [0, 0.05) is 36.2 Å². The quantitative estimate of drug-likeness (QED) is 0.350. The van der Waals surface area contributed by atoms with Gasteiger partial charge in [0.2, 0.25) is 0 Å². The summed E-state index contributed by atoms with van der Waals surface area (Å²) in [6.07, 6.45) is 6.37. The lowest BCUT2D eigenvalue weighted by molar-refractivity contribution is 0.590. The number of hydrogen-bond acceptors (Lipinski definition) is 2. The fraction of sp³-hybridized carbons (Fsp3) is 0.444. The first-order valence-electron chi connectivity index (χ1n) is 8.31. The van der Waals surface area contributed by atoms with Gasteiger partial charge in [-0.3, -0.25) is 9.67 Å². The van der Waals surface area contributed by atoms with Gasteiger partial charge < -0.3 is 10.6 Å². The lowest BCUT2D eigenvalue weighted by Crippen LogP contribution is -2.42. The van der Waals surface area contributed by atoms with Gasteiger partial charge in [0.15, 0.2) is 5.96 Å². The van der Waals surface area contributed by atoms with Crippen molar-refractivity contribution in [2.24, 2.45) is 4.99 Å². The molecular formula is C18H25BrIN5. The monoisotopic (exact) mass is 517 g/mol. The maximum absolute atomic E-state index is 4.32. The van der Waals surface area contributed by atoms with Crippen LogP contribution in [0, 0.1) is 6.92 Å². The Labute approximate surface area is 174 Å². The van der Waals surface area contributed by atoms with Crippen LogP contribution >= 0.6 is 39.9 Å². The lowest BCUT2D eigenvalue weighted by atomic mass is 9.96. The predicted molar refractivity (Wildman–Crippen MR) is 117 cm³/mol. The van der Waals surface area contributed by atoms with Crippen LogP contribution in [0.5, 0.6) is 0 Å². The number of aryl methyl sites for hydroxylation is 1. The van der Waals surface area contributed by atoms with Crippen molar-refractivity contribution < 1.29 is 0 Å². The minimum absolute atomic E-state index is 0. The smallest absolute Gasteiger partial charge is 0.191 e. The molecular weight excluding hydrogens is 493 g/mol. The van der Waals surface area contributed by atoms with Crippen LogP contribution in [0.3, 0.4) is 0 Å². The SMILES string of the molecule is CN=C(NCCn1cc(C)cn1)NCC1(c2cccc(Br)c2)CC1.I. The highest BCUT2D eigenvalue weighted by atomic mass is 127. The van der Waals surface area contributed by atoms with E-state index in [0.29, 0.717) is 0 Å². The summed E-state index contributed by atoms with van der Waals surface area (Å²) in [5.74, 6) is 0.847. The third-order valence-electron chi connectivity index (χ3n) is 4.50. The van der Waals surface area contributed by atoms with Crippen LogP contribution in [0.2, 0.25) is 0 Å². The van der Waals surface area contributed by atoms with Gasteiger partial charge >= 0.3 is 0 Å². The van der Waals surface area contributed by atoms with Crippen LogP contribution < -0.4 is 10.6 Å². The minimum Gasteiger partial charge on any atom is -0.356 e. The summed E-state index contributed by atoms with van der Waals surface area (Å²) < 4.78 is 3.09. The van der Waals surface area contributed by atoms with Crippen LogP contribution in [0.15, 0.2) is 46.1 Å². The zero-order chi connectivity index (χ0) is 17.0. The topological polar surface area (TPSA) is 54.2 Å². The van der Waals surface area contributed by atoms with Gasteiger partial charge in [-0.05, 0) is 43.0 Å². The molecule has 0 amide bonds. The normalized spacial score (nSPS) is 15.4. The first-order valence-corrected chi connectivity index (χ1v) is 9.10. The molecule has 0 bridgehead atoms. The number of nitrogens with one attached hydrogen (secondary N) is 2. The molecule has 0 atom stereocenters. The van der Waals surface area contributed by atoms with Gasteiger partial charge in [-0.25, -0.2) is 0 Å². The average molecular weight is 518 g/mol. The molecule has 0 unspecified atom stereocenters. The van der Waals surface area contributed by atoms with Crippen molar-refractivity contribution in [1.29, 1.82) is 0 Å². The molecule has 1 aliphatic rings. The summed E-state index contributed by atoms with van der Waals surface area (Å²) in [4.78, 5) is 4.32. The number of nitrogens with zero attached hydrogens (tertiary/aromatic N) is 3. The predicted octanol–water partition coefficient (Wildman–Crippen LogP) is 3.47. The van der Waals surface area contributed by atoms with Gasteiger partial charge in [0.05, 0.1) is 12.7 Å². The molecule has 1 aromatic heterocycles. The van der Waals surface area contributed by atoms with E-state index in [2.05, 4.69) is 67.8 Å². The largest absolute Gasteiger partial charge is 0.356 e. The summed E-state index contributed by atoms with van der Waals surface area (Å²) in [5.41, 5.74) is 2.83. The number of halogens is 2. The van der Waals surface area contributed by atoms with Crippen molar-refractivity contribution in [3.63, 3.8) is 0 Å².